The molecule has 1 aromatic carbocycles. The largest absolute Gasteiger partial charge is 0.496 e. The third kappa shape index (κ3) is 4.22. The highest BCUT2D eigenvalue weighted by Gasteiger charge is 2.12. The van der Waals surface area contributed by atoms with Crippen LogP contribution in [0.4, 0.5) is 0 Å². The summed E-state index contributed by atoms with van der Waals surface area (Å²) in [6, 6.07) is 3.61. The molecule has 3 nitrogen and oxygen atoms in total. The van der Waals surface area contributed by atoms with Crippen LogP contribution in [0.15, 0.2) is 12.1 Å². The first kappa shape index (κ1) is 14.8. The van der Waals surface area contributed by atoms with Gasteiger partial charge in [0.05, 0.1) is 13.5 Å². The van der Waals surface area contributed by atoms with Crippen molar-refractivity contribution >= 4 is 17.5 Å². The average Bonchev–Trinajstić information content (AvgIpc) is 2.26. The number of methoxy groups -OCH3 is 1. The molecule has 100 valence electrons. The van der Waals surface area contributed by atoms with Crippen molar-refractivity contribution in [1.29, 1.82) is 0 Å². The number of carbonyl (C=O) groups excluding carboxylic acids is 1. The van der Waals surface area contributed by atoms with E-state index in [9.17, 15) is 4.79 Å². The fourth-order valence-electron chi connectivity index (χ4n) is 1.78. The van der Waals surface area contributed by atoms with Crippen molar-refractivity contribution < 1.29 is 9.53 Å². The molecule has 0 bridgehead atoms. The minimum absolute atomic E-state index is 0.0105. The third-order valence-electron chi connectivity index (χ3n) is 2.58. The van der Waals surface area contributed by atoms with Crippen LogP contribution in [0, 0.1) is 12.8 Å². The molecule has 0 aliphatic rings. The standard InChI is InChI=1S/C14H20ClNO2/c1-9(2)8-16-13(17)7-11-6-12(15)5-10(3)14(11)18-4/h5-6,9H,7-8H2,1-4H3,(H,16,17). The maximum absolute atomic E-state index is 11.8. The molecule has 0 atom stereocenters. The molecule has 0 heterocycles. The van der Waals surface area contributed by atoms with E-state index >= 15 is 0 Å². The number of aryl methyl sites for hydroxylation is 1. The van der Waals surface area contributed by atoms with E-state index in [2.05, 4.69) is 19.2 Å². The van der Waals surface area contributed by atoms with E-state index in [1.54, 1.807) is 13.2 Å². The molecule has 0 unspecified atom stereocenters. The Bertz CT molecular complexity index is 430. The van der Waals surface area contributed by atoms with Gasteiger partial charge in [0.25, 0.3) is 0 Å². The summed E-state index contributed by atoms with van der Waals surface area (Å²) < 4.78 is 5.32. The summed E-state index contributed by atoms with van der Waals surface area (Å²) in [6.45, 7) is 6.72. The van der Waals surface area contributed by atoms with Crippen molar-refractivity contribution in [2.45, 2.75) is 27.2 Å². The molecule has 1 amide bonds. The maximum Gasteiger partial charge on any atom is 0.224 e. The minimum atomic E-state index is -0.0105. The van der Waals surface area contributed by atoms with E-state index in [1.807, 2.05) is 13.0 Å². The molecule has 0 saturated carbocycles. The number of hydrogen-bond donors (Lipinski definition) is 1. The number of amides is 1. The number of rotatable bonds is 5. The van der Waals surface area contributed by atoms with Gasteiger partial charge in [-0.25, -0.2) is 0 Å². The number of halogens is 1. The van der Waals surface area contributed by atoms with Crippen LogP contribution in [0.3, 0.4) is 0 Å². The molecule has 0 aliphatic carbocycles. The number of ether oxygens (including phenoxy) is 1. The zero-order valence-electron chi connectivity index (χ0n) is 11.3. The van der Waals surface area contributed by atoms with E-state index in [0.717, 1.165) is 16.9 Å². The molecule has 4 heteroatoms. The molecule has 0 fully saturated rings. The zero-order valence-corrected chi connectivity index (χ0v) is 12.1. The molecule has 1 N–H and O–H groups in total. The molecule has 1 rings (SSSR count). The lowest BCUT2D eigenvalue weighted by molar-refractivity contribution is -0.120. The van der Waals surface area contributed by atoms with Gasteiger partial charge >= 0.3 is 0 Å². The Kier molecular flexibility index (Phi) is 5.48. The van der Waals surface area contributed by atoms with Crippen LogP contribution in [0.5, 0.6) is 5.75 Å². The van der Waals surface area contributed by atoms with Gasteiger partial charge in [0, 0.05) is 17.1 Å². The molecule has 0 saturated heterocycles. The van der Waals surface area contributed by atoms with Crippen molar-refractivity contribution in [3.63, 3.8) is 0 Å². The predicted molar refractivity (Wildman–Crippen MR) is 74.3 cm³/mol. The Morgan fingerprint density at radius 1 is 1.44 bits per heavy atom. The van der Waals surface area contributed by atoms with E-state index < -0.39 is 0 Å². The first-order valence-electron chi connectivity index (χ1n) is 6.03. The van der Waals surface area contributed by atoms with Crippen LogP contribution in [-0.2, 0) is 11.2 Å². The monoisotopic (exact) mass is 269 g/mol. The molecule has 0 radical (unpaired) electrons. The van der Waals surface area contributed by atoms with Crippen molar-refractivity contribution in [3.05, 3.63) is 28.3 Å². The fourth-order valence-corrected chi connectivity index (χ4v) is 2.07. The lowest BCUT2D eigenvalue weighted by atomic mass is 10.1. The van der Waals surface area contributed by atoms with E-state index in [0.29, 0.717) is 17.5 Å². The molecule has 0 aromatic heterocycles. The van der Waals surface area contributed by atoms with E-state index in [-0.39, 0.29) is 12.3 Å². The van der Waals surface area contributed by atoms with Crippen LogP contribution in [0.1, 0.15) is 25.0 Å². The maximum atomic E-state index is 11.8. The SMILES string of the molecule is COc1c(C)cc(Cl)cc1CC(=O)NCC(C)C. The second kappa shape index (κ2) is 6.64. The van der Waals surface area contributed by atoms with Gasteiger partial charge in [0.15, 0.2) is 0 Å². The molecule has 1 aromatic rings. The van der Waals surface area contributed by atoms with Gasteiger partial charge in [0.1, 0.15) is 5.75 Å². The summed E-state index contributed by atoms with van der Waals surface area (Å²) in [5.41, 5.74) is 1.76. The van der Waals surface area contributed by atoms with Gasteiger partial charge < -0.3 is 10.1 Å². The van der Waals surface area contributed by atoms with Crippen LogP contribution >= 0.6 is 11.6 Å². The normalized spacial score (nSPS) is 10.6. The lowest BCUT2D eigenvalue weighted by Crippen LogP contribution is -2.28. The van der Waals surface area contributed by atoms with Crippen LogP contribution in [0.25, 0.3) is 0 Å². The van der Waals surface area contributed by atoms with E-state index in [1.165, 1.54) is 0 Å². The Balaban J connectivity index is 2.80. The smallest absolute Gasteiger partial charge is 0.224 e. The van der Waals surface area contributed by atoms with Crippen LogP contribution < -0.4 is 10.1 Å². The van der Waals surface area contributed by atoms with Crippen molar-refractivity contribution in [3.8, 4) is 5.75 Å². The molecular weight excluding hydrogens is 250 g/mol. The van der Waals surface area contributed by atoms with Crippen molar-refractivity contribution in [1.82, 2.24) is 5.32 Å². The summed E-state index contributed by atoms with van der Waals surface area (Å²) in [7, 11) is 1.60. The molecule has 0 aliphatic heterocycles. The zero-order chi connectivity index (χ0) is 13.7. The molecule has 0 spiro atoms. The van der Waals surface area contributed by atoms with Gasteiger partial charge in [0.2, 0.25) is 5.91 Å². The summed E-state index contributed by atoms with van der Waals surface area (Å²) >= 11 is 6.00. The highest BCUT2D eigenvalue weighted by atomic mass is 35.5. The molecular formula is C14H20ClNO2. The molecule has 18 heavy (non-hydrogen) atoms. The number of carbonyl (C=O) groups is 1. The highest BCUT2D eigenvalue weighted by Crippen LogP contribution is 2.27. The summed E-state index contributed by atoms with van der Waals surface area (Å²) in [5.74, 6) is 1.17. The second-order valence-electron chi connectivity index (χ2n) is 4.79. The quantitative estimate of drug-likeness (QED) is 0.892. The Morgan fingerprint density at radius 2 is 2.11 bits per heavy atom. The van der Waals surface area contributed by atoms with Crippen molar-refractivity contribution in [2.75, 3.05) is 13.7 Å². The lowest BCUT2D eigenvalue weighted by Gasteiger charge is -2.13. The van der Waals surface area contributed by atoms with Gasteiger partial charge in [-0.2, -0.15) is 0 Å². The predicted octanol–water partition coefficient (Wildman–Crippen LogP) is 2.97. The number of nitrogens with one attached hydrogen (secondary N) is 1. The Labute approximate surface area is 113 Å². The first-order valence-corrected chi connectivity index (χ1v) is 6.41. The fraction of sp³-hybridized carbons (Fsp3) is 0.500. The Morgan fingerprint density at radius 3 is 2.67 bits per heavy atom. The number of benzene rings is 1. The van der Waals surface area contributed by atoms with Gasteiger partial charge in [-0.15, -0.1) is 0 Å². The third-order valence-corrected chi connectivity index (χ3v) is 2.80. The van der Waals surface area contributed by atoms with Crippen molar-refractivity contribution in [2.24, 2.45) is 5.92 Å². The van der Waals surface area contributed by atoms with Gasteiger partial charge in [-0.05, 0) is 30.5 Å². The minimum Gasteiger partial charge on any atom is -0.496 e. The average molecular weight is 270 g/mol. The Hall–Kier alpha value is -1.22. The second-order valence-corrected chi connectivity index (χ2v) is 5.23. The van der Waals surface area contributed by atoms with Crippen LogP contribution in [0.2, 0.25) is 5.02 Å². The van der Waals surface area contributed by atoms with Gasteiger partial charge in [-0.3, -0.25) is 4.79 Å². The summed E-state index contributed by atoms with van der Waals surface area (Å²) in [5, 5.41) is 3.51. The summed E-state index contributed by atoms with van der Waals surface area (Å²) in [4.78, 5) is 11.8. The van der Waals surface area contributed by atoms with E-state index in [4.69, 9.17) is 16.3 Å². The van der Waals surface area contributed by atoms with Gasteiger partial charge in [-0.1, -0.05) is 25.4 Å². The number of hydrogen-bond acceptors (Lipinski definition) is 2. The topological polar surface area (TPSA) is 38.3 Å². The summed E-state index contributed by atoms with van der Waals surface area (Å²) in [6.07, 6.45) is 0.289. The first-order chi connectivity index (χ1) is 8.43. The highest BCUT2D eigenvalue weighted by molar-refractivity contribution is 6.30. The van der Waals surface area contributed by atoms with Crippen LogP contribution in [-0.4, -0.2) is 19.6 Å².